The van der Waals surface area contributed by atoms with Crippen LogP contribution in [0.2, 0.25) is 0 Å². The highest BCUT2D eigenvalue weighted by Gasteiger charge is 2.37. The molecule has 6 nitrogen and oxygen atoms in total. The van der Waals surface area contributed by atoms with Crippen molar-refractivity contribution in [3.8, 4) is 0 Å². The fraction of sp³-hybridized carbons (Fsp3) is 0.0667. The second-order valence-corrected chi connectivity index (χ2v) is 4.57. The van der Waals surface area contributed by atoms with Gasteiger partial charge in [-0.05, 0) is 36.4 Å². The van der Waals surface area contributed by atoms with Crippen LogP contribution >= 0.6 is 0 Å². The molecule has 3 amide bonds. The average molecular weight is 281 g/mol. The van der Waals surface area contributed by atoms with Crippen molar-refractivity contribution in [2.75, 3.05) is 10.2 Å². The van der Waals surface area contributed by atoms with E-state index in [1.807, 2.05) is 0 Å². The van der Waals surface area contributed by atoms with Crippen molar-refractivity contribution in [1.82, 2.24) is 4.98 Å². The smallest absolute Gasteiger partial charge is 0.284 e. The zero-order valence-corrected chi connectivity index (χ0v) is 11.2. The largest absolute Gasteiger partial charge is 0.326 e. The van der Waals surface area contributed by atoms with Crippen LogP contribution in [0.15, 0.2) is 42.6 Å². The molecule has 0 aliphatic carbocycles. The van der Waals surface area contributed by atoms with E-state index in [-0.39, 0.29) is 11.6 Å². The van der Waals surface area contributed by atoms with Crippen LogP contribution in [-0.2, 0) is 4.79 Å². The number of nitrogens with zero attached hydrogens (tertiary/aromatic N) is 2. The number of aromatic nitrogens is 1. The lowest BCUT2D eigenvalue weighted by atomic mass is 10.2. The molecule has 2 heterocycles. The average Bonchev–Trinajstić information content (AvgIpc) is 2.72. The highest BCUT2D eigenvalue weighted by atomic mass is 16.2. The summed E-state index contributed by atoms with van der Waals surface area (Å²) in [5.41, 5.74) is 1.50. The standard InChI is InChI=1S/C15H11N3O3/c1-9(19)17-10-4-6-11(7-5-10)18-14(20)12-3-2-8-16-13(12)15(18)21/h2-8H,1H3,(H,17,19). The maximum Gasteiger partial charge on any atom is 0.284 e. The monoisotopic (exact) mass is 281 g/mol. The van der Waals surface area contributed by atoms with Gasteiger partial charge in [0.1, 0.15) is 5.69 Å². The van der Waals surface area contributed by atoms with E-state index < -0.39 is 11.8 Å². The molecule has 1 aliphatic heterocycles. The van der Waals surface area contributed by atoms with Gasteiger partial charge in [-0.3, -0.25) is 19.4 Å². The van der Waals surface area contributed by atoms with Gasteiger partial charge in [0.05, 0.1) is 11.3 Å². The third kappa shape index (κ3) is 2.16. The molecule has 0 unspecified atom stereocenters. The molecule has 2 aromatic rings. The summed E-state index contributed by atoms with van der Waals surface area (Å²) in [6.07, 6.45) is 1.48. The predicted octanol–water partition coefficient (Wildman–Crippen LogP) is 1.84. The Kier molecular flexibility index (Phi) is 2.98. The Hall–Kier alpha value is -3.02. The molecule has 1 aromatic carbocycles. The van der Waals surface area contributed by atoms with Crippen molar-refractivity contribution >= 4 is 29.1 Å². The summed E-state index contributed by atoms with van der Waals surface area (Å²) in [5.74, 6) is -1.02. The summed E-state index contributed by atoms with van der Waals surface area (Å²) in [5, 5.41) is 2.62. The highest BCUT2D eigenvalue weighted by molar-refractivity contribution is 6.33. The summed E-state index contributed by atoms with van der Waals surface area (Å²) in [6.45, 7) is 1.41. The summed E-state index contributed by atoms with van der Waals surface area (Å²) in [6, 6.07) is 9.67. The zero-order chi connectivity index (χ0) is 15.0. The number of amides is 3. The van der Waals surface area contributed by atoms with E-state index in [0.29, 0.717) is 16.9 Å². The Morgan fingerprint density at radius 3 is 2.43 bits per heavy atom. The van der Waals surface area contributed by atoms with Gasteiger partial charge in [0, 0.05) is 18.8 Å². The number of carbonyl (C=O) groups excluding carboxylic acids is 3. The molecule has 1 aliphatic rings. The van der Waals surface area contributed by atoms with Crippen LogP contribution < -0.4 is 10.2 Å². The quantitative estimate of drug-likeness (QED) is 0.852. The van der Waals surface area contributed by atoms with E-state index in [0.717, 1.165) is 4.90 Å². The van der Waals surface area contributed by atoms with Crippen LogP contribution in [0.3, 0.4) is 0 Å². The normalized spacial score (nSPS) is 13.3. The van der Waals surface area contributed by atoms with E-state index in [1.54, 1.807) is 36.4 Å². The fourth-order valence-corrected chi connectivity index (χ4v) is 2.20. The van der Waals surface area contributed by atoms with E-state index in [4.69, 9.17) is 0 Å². The summed E-state index contributed by atoms with van der Waals surface area (Å²) in [7, 11) is 0. The number of benzene rings is 1. The van der Waals surface area contributed by atoms with E-state index >= 15 is 0 Å². The van der Waals surface area contributed by atoms with E-state index in [1.165, 1.54) is 13.1 Å². The van der Waals surface area contributed by atoms with Crippen LogP contribution in [-0.4, -0.2) is 22.7 Å². The van der Waals surface area contributed by atoms with Gasteiger partial charge >= 0.3 is 0 Å². The Labute approximate surface area is 120 Å². The molecular formula is C15H11N3O3. The van der Waals surface area contributed by atoms with Crippen LogP contribution in [0.25, 0.3) is 0 Å². The lowest BCUT2D eigenvalue weighted by Crippen LogP contribution is -2.29. The zero-order valence-electron chi connectivity index (χ0n) is 11.2. The molecule has 0 fully saturated rings. The van der Waals surface area contributed by atoms with Gasteiger partial charge < -0.3 is 5.32 Å². The van der Waals surface area contributed by atoms with Crippen molar-refractivity contribution in [2.45, 2.75) is 6.92 Å². The molecule has 0 saturated carbocycles. The summed E-state index contributed by atoms with van der Waals surface area (Å²) >= 11 is 0. The van der Waals surface area contributed by atoms with Gasteiger partial charge in [-0.1, -0.05) is 0 Å². The first kappa shape index (κ1) is 13.0. The molecule has 104 valence electrons. The van der Waals surface area contributed by atoms with Crippen molar-refractivity contribution < 1.29 is 14.4 Å². The minimum absolute atomic E-state index is 0.161. The predicted molar refractivity (Wildman–Crippen MR) is 76.1 cm³/mol. The third-order valence-corrected chi connectivity index (χ3v) is 3.09. The van der Waals surface area contributed by atoms with Gasteiger partial charge in [0.25, 0.3) is 11.8 Å². The molecule has 21 heavy (non-hydrogen) atoms. The van der Waals surface area contributed by atoms with Gasteiger partial charge in [0.2, 0.25) is 5.91 Å². The van der Waals surface area contributed by atoms with Crippen LogP contribution in [0.1, 0.15) is 27.8 Å². The van der Waals surface area contributed by atoms with Crippen molar-refractivity contribution in [2.24, 2.45) is 0 Å². The second kappa shape index (κ2) is 4.82. The van der Waals surface area contributed by atoms with E-state index in [2.05, 4.69) is 10.3 Å². The molecule has 0 spiro atoms. The molecule has 0 bridgehead atoms. The Morgan fingerprint density at radius 2 is 1.81 bits per heavy atom. The minimum Gasteiger partial charge on any atom is -0.326 e. The van der Waals surface area contributed by atoms with Crippen LogP contribution in [0.4, 0.5) is 11.4 Å². The lowest BCUT2D eigenvalue weighted by molar-refractivity contribution is -0.114. The molecule has 1 N–H and O–H groups in total. The van der Waals surface area contributed by atoms with Gasteiger partial charge in [-0.25, -0.2) is 4.90 Å². The number of imide groups is 1. The Bertz CT molecular complexity index is 718. The number of hydrogen-bond acceptors (Lipinski definition) is 4. The van der Waals surface area contributed by atoms with Gasteiger partial charge in [-0.2, -0.15) is 0 Å². The maximum absolute atomic E-state index is 12.3. The topological polar surface area (TPSA) is 79.4 Å². The number of fused-ring (bicyclic) bond motifs is 1. The Morgan fingerprint density at radius 1 is 1.10 bits per heavy atom. The van der Waals surface area contributed by atoms with E-state index in [9.17, 15) is 14.4 Å². The van der Waals surface area contributed by atoms with Crippen LogP contribution in [0.5, 0.6) is 0 Å². The first-order chi connectivity index (χ1) is 10.1. The number of pyridine rings is 1. The molecule has 6 heteroatoms. The number of anilines is 2. The highest BCUT2D eigenvalue weighted by Crippen LogP contribution is 2.27. The summed E-state index contributed by atoms with van der Waals surface area (Å²) in [4.78, 5) is 40.5. The summed E-state index contributed by atoms with van der Waals surface area (Å²) < 4.78 is 0. The number of carbonyl (C=O) groups is 3. The molecule has 3 rings (SSSR count). The minimum atomic E-state index is -0.442. The lowest BCUT2D eigenvalue weighted by Gasteiger charge is -2.14. The van der Waals surface area contributed by atoms with Crippen LogP contribution in [0, 0.1) is 0 Å². The number of nitrogens with one attached hydrogen (secondary N) is 1. The van der Waals surface area contributed by atoms with Crippen molar-refractivity contribution in [3.63, 3.8) is 0 Å². The van der Waals surface area contributed by atoms with Crippen molar-refractivity contribution in [1.29, 1.82) is 0 Å². The molecule has 0 saturated heterocycles. The second-order valence-electron chi connectivity index (χ2n) is 4.57. The first-order valence-corrected chi connectivity index (χ1v) is 6.29. The maximum atomic E-state index is 12.3. The molecule has 0 atom stereocenters. The molecule has 0 radical (unpaired) electrons. The number of hydrogen-bond donors (Lipinski definition) is 1. The van der Waals surface area contributed by atoms with Gasteiger partial charge in [0.15, 0.2) is 0 Å². The van der Waals surface area contributed by atoms with Gasteiger partial charge in [-0.15, -0.1) is 0 Å². The number of rotatable bonds is 2. The Balaban J connectivity index is 1.94. The molecular weight excluding hydrogens is 270 g/mol. The third-order valence-electron chi connectivity index (χ3n) is 3.09. The SMILES string of the molecule is CC(=O)Nc1ccc(N2C(=O)c3cccnc3C2=O)cc1. The fourth-order valence-electron chi connectivity index (χ4n) is 2.20. The van der Waals surface area contributed by atoms with Crippen molar-refractivity contribution in [3.05, 3.63) is 53.9 Å². The molecule has 1 aromatic heterocycles. The first-order valence-electron chi connectivity index (χ1n) is 6.29.